The van der Waals surface area contributed by atoms with Crippen LogP contribution in [0.3, 0.4) is 0 Å². The summed E-state index contributed by atoms with van der Waals surface area (Å²) in [6, 6.07) is -0.253. The highest BCUT2D eigenvalue weighted by Crippen LogP contribution is 2.26. The molecule has 0 N–H and O–H groups in total. The van der Waals surface area contributed by atoms with Gasteiger partial charge in [-0.25, -0.2) is 0 Å². The van der Waals surface area contributed by atoms with Gasteiger partial charge in [0.05, 0.1) is 11.9 Å². The minimum atomic E-state index is -0.253. The SMILES string of the molecule is Cn1cc(N2CC(=O)N3CCCC3C2=O)cn1. The normalized spacial score (nSPS) is 24.4. The van der Waals surface area contributed by atoms with Crippen molar-refractivity contribution in [3.05, 3.63) is 12.4 Å². The summed E-state index contributed by atoms with van der Waals surface area (Å²) < 4.78 is 1.63. The van der Waals surface area contributed by atoms with Crippen molar-refractivity contribution in [2.75, 3.05) is 18.0 Å². The fourth-order valence-electron chi connectivity index (χ4n) is 2.57. The van der Waals surface area contributed by atoms with E-state index in [2.05, 4.69) is 5.10 Å². The summed E-state index contributed by atoms with van der Waals surface area (Å²) in [5.41, 5.74) is 0.706. The van der Waals surface area contributed by atoms with Gasteiger partial charge in [0.2, 0.25) is 11.8 Å². The maximum atomic E-state index is 12.3. The van der Waals surface area contributed by atoms with Crippen LogP contribution in [-0.4, -0.2) is 45.6 Å². The molecule has 6 heteroatoms. The van der Waals surface area contributed by atoms with E-state index >= 15 is 0 Å². The van der Waals surface area contributed by atoms with Crippen LogP contribution in [0.1, 0.15) is 12.8 Å². The first-order valence-corrected chi connectivity index (χ1v) is 5.76. The molecule has 3 heterocycles. The zero-order chi connectivity index (χ0) is 12.0. The predicted molar refractivity (Wildman–Crippen MR) is 60.3 cm³/mol. The predicted octanol–water partition coefficient (Wildman–Crippen LogP) is -0.242. The van der Waals surface area contributed by atoms with Gasteiger partial charge in [-0.1, -0.05) is 0 Å². The van der Waals surface area contributed by atoms with Crippen LogP contribution in [0.4, 0.5) is 5.69 Å². The maximum absolute atomic E-state index is 12.3. The van der Waals surface area contributed by atoms with Gasteiger partial charge in [-0.15, -0.1) is 0 Å². The van der Waals surface area contributed by atoms with Crippen molar-refractivity contribution in [1.29, 1.82) is 0 Å². The monoisotopic (exact) mass is 234 g/mol. The Hall–Kier alpha value is -1.85. The van der Waals surface area contributed by atoms with Crippen molar-refractivity contribution in [1.82, 2.24) is 14.7 Å². The minimum absolute atomic E-state index is 0.0232. The lowest BCUT2D eigenvalue weighted by molar-refractivity contribution is -0.140. The van der Waals surface area contributed by atoms with Gasteiger partial charge in [-0.3, -0.25) is 19.2 Å². The molecule has 1 aromatic rings. The zero-order valence-corrected chi connectivity index (χ0v) is 9.67. The molecule has 3 rings (SSSR count). The quantitative estimate of drug-likeness (QED) is 0.673. The second-order valence-electron chi connectivity index (χ2n) is 4.54. The second kappa shape index (κ2) is 3.58. The summed E-state index contributed by atoms with van der Waals surface area (Å²) in [5.74, 6) is 0.0612. The number of rotatable bonds is 1. The van der Waals surface area contributed by atoms with E-state index in [4.69, 9.17) is 0 Å². The van der Waals surface area contributed by atoms with Gasteiger partial charge in [0, 0.05) is 19.8 Å². The Morgan fingerprint density at radius 2 is 2.24 bits per heavy atom. The Morgan fingerprint density at radius 1 is 1.41 bits per heavy atom. The summed E-state index contributed by atoms with van der Waals surface area (Å²) >= 11 is 0. The topological polar surface area (TPSA) is 58.4 Å². The molecule has 0 spiro atoms. The van der Waals surface area contributed by atoms with Crippen molar-refractivity contribution in [3.8, 4) is 0 Å². The molecule has 6 nitrogen and oxygen atoms in total. The molecule has 0 aromatic carbocycles. The van der Waals surface area contributed by atoms with Gasteiger partial charge in [0.25, 0.3) is 0 Å². The first-order valence-electron chi connectivity index (χ1n) is 5.76. The number of anilines is 1. The molecule has 90 valence electrons. The fraction of sp³-hybridized carbons (Fsp3) is 0.545. The molecule has 1 unspecified atom stereocenters. The maximum Gasteiger partial charge on any atom is 0.250 e. The second-order valence-corrected chi connectivity index (χ2v) is 4.54. The van der Waals surface area contributed by atoms with Gasteiger partial charge >= 0.3 is 0 Å². The highest BCUT2D eigenvalue weighted by Gasteiger charge is 2.42. The number of hydrogen-bond acceptors (Lipinski definition) is 3. The van der Waals surface area contributed by atoms with Crippen molar-refractivity contribution >= 4 is 17.5 Å². The van der Waals surface area contributed by atoms with E-state index in [1.165, 1.54) is 0 Å². The van der Waals surface area contributed by atoms with Crippen LogP contribution in [0, 0.1) is 0 Å². The van der Waals surface area contributed by atoms with Crippen LogP contribution in [0.5, 0.6) is 0 Å². The molecule has 2 aliphatic heterocycles. The lowest BCUT2D eigenvalue weighted by atomic mass is 10.1. The van der Waals surface area contributed by atoms with Crippen molar-refractivity contribution in [2.45, 2.75) is 18.9 Å². The number of hydrogen-bond donors (Lipinski definition) is 0. The van der Waals surface area contributed by atoms with Crippen LogP contribution in [0.2, 0.25) is 0 Å². The van der Waals surface area contributed by atoms with Gasteiger partial charge in [0.1, 0.15) is 12.6 Å². The van der Waals surface area contributed by atoms with Crippen LogP contribution in [-0.2, 0) is 16.6 Å². The smallest absolute Gasteiger partial charge is 0.250 e. The summed E-state index contributed by atoms with van der Waals surface area (Å²) in [7, 11) is 1.79. The van der Waals surface area contributed by atoms with Crippen LogP contribution < -0.4 is 4.90 Å². The number of aromatic nitrogens is 2. The van der Waals surface area contributed by atoms with E-state index in [1.54, 1.807) is 33.9 Å². The summed E-state index contributed by atoms with van der Waals surface area (Å²) in [5, 5.41) is 4.03. The lowest BCUT2D eigenvalue weighted by Crippen LogP contribution is -2.57. The zero-order valence-electron chi connectivity index (χ0n) is 9.67. The minimum Gasteiger partial charge on any atom is -0.329 e. The van der Waals surface area contributed by atoms with Crippen molar-refractivity contribution in [2.24, 2.45) is 7.05 Å². The van der Waals surface area contributed by atoms with Crippen molar-refractivity contribution in [3.63, 3.8) is 0 Å². The number of amides is 2. The molecular formula is C11H14N4O2. The standard InChI is InChI=1S/C11H14N4O2/c1-13-6-8(5-12-13)15-7-10(16)14-4-2-3-9(14)11(15)17/h5-6,9H,2-4,7H2,1H3. The Kier molecular flexibility index (Phi) is 2.17. The van der Waals surface area contributed by atoms with E-state index in [0.29, 0.717) is 5.69 Å². The highest BCUT2D eigenvalue weighted by atomic mass is 16.2. The average Bonchev–Trinajstić information content (AvgIpc) is 2.91. The van der Waals surface area contributed by atoms with E-state index < -0.39 is 0 Å². The largest absolute Gasteiger partial charge is 0.329 e. The molecular weight excluding hydrogens is 220 g/mol. The van der Waals surface area contributed by atoms with E-state index in [-0.39, 0.29) is 24.4 Å². The third-order valence-electron chi connectivity index (χ3n) is 3.42. The Labute approximate surface area is 98.8 Å². The molecule has 0 bridgehead atoms. The average molecular weight is 234 g/mol. The lowest BCUT2D eigenvalue weighted by Gasteiger charge is -2.35. The molecule has 2 aliphatic rings. The van der Waals surface area contributed by atoms with E-state index in [1.807, 2.05) is 0 Å². The fourth-order valence-corrected chi connectivity index (χ4v) is 2.57. The number of carbonyl (C=O) groups excluding carboxylic acids is 2. The number of carbonyl (C=O) groups is 2. The van der Waals surface area contributed by atoms with E-state index in [0.717, 1.165) is 19.4 Å². The van der Waals surface area contributed by atoms with Gasteiger partial charge in [-0.05, 0) is 12.8 Å². The van der Waals surface area contributed by atoms with Crippen molar-refractivity contribution < 1.29 is 9.59 Å². The van der Waals surface area contributed by atoms with Gasteiger partial charge in [-0.2, -0.15) is 5.10 Å². The molecule has 17 heavy (non-hydrogen) atoms. The Bertz CT molecular complexity index is 482. The molecule has 1 aromatic heterocycles. The van der Waals surface area contributed by atoms with Crippen LogP contribution in [0.25, 0.3) is 0 Å². The summed E-state index contributed by atoms with van der Waals surface area (Å²) in [6.45, 7) is 0.858. The van der Waals surface area contributed by atoms with Crippen LogP contribution >= 0.6 is 0 Å². The molecule has 0 aliphatic carbocycles. The molecule has 0 radical (unpaired) electrons. The summed E-state index contributed by atoms with van der Waals surface area (Å²) in [6.07, 6.45) is 5.08. The van der Waals surface area contributed by atoms with E-state index in [9.17, 15) is 9.59 Å². The Balaban J connectivity index is 1.91. The summed E-state index contributed by atoms with van der Waals surface area (Å²) in [4.78, 5) is 27.4. The number of piperazine rings is 1. The number of aryl methyl sites for hydroxylation is 1. The molecule has 1 atom stereocenters. The first-order chi connectivity index (χ1) is 8.16. The number of fused-ring (bicyclic) bond motifs is 1. The highest BCUT2D eigenvalue weighted by molar-refractivity contribution is 6.06. The molecule has 2 saturated heterocycles. The number of nitrogens with zero attached hydrogens (tertiary/aromatic N) is 4. The first kappa shape index (κ1) is 10.3. The molecule has 2 amide bonds. The van der Waals surface area contributed by atoms with Gasteiger partial charge in [0.15, 0.2) is 0 Å². The molecule has 0 saturated carbocycles. The third kappa shape index (κ3) is 1.51. The van der Waals surface area contributed by atoms with Crippen LogP contribution in [0.15, 0.2) is 12.4 Å². The molecule has 2 fully saturated rings. The Morgan fingerprint density at radius 3 is 2.94 bits per heavy atom. The van der Waals surface area contributed by atoms with Gasteiger partial charge < -0.3 is 4.90 Å². The third-order valence-corrected chi connectivity index (χ3v) is 3.42.